The van der Waals surface area contributed by atoms with Gasteiger partial charge in [0, 0.05) is 11.9 Å². The average Bonchev–Trinajstić information content (AvgIpc) is 2.57. The normalized spacial score (nSPS) is 13.0. The highest BCUT2D eigenvalue weighted by Gasteiger charge is 2.04. The van der Waals surface area contributed by atoms with Gasteiger partial charge in [0.25, 0.3) is 0 Å². The predicted molar refractivity (Wildman–Crippen MR) is 60.1 cm³/mol. The zero-order chi connectivity index (χ0) is 10.8. The zero-order valence-electron chi connectivity index (χ0n) is 8.99. The lowest BCUT2D eigenvalue weighted by molar-refractivity contribution is 0.230. The minimum absolute atomic E-state index is 0.0375. The van der Waals surface area contributed by atoms with E-state index in [4.69, 9.17) is 14.9 Å². The Morgan fingerprint density at radius 1 is 1.40 bits per heavy atom. The maximum absolute atomic E-state index is 5.61. The molecule has 3 nitrogen and oxygen atoms in total. The summed E-state index contributed by atoms with van der Waals surface area (Å²) < 4.78 is 11.1. The summed E-state index contributed by atoms with van der Waals surface area (Å²) in [4.78, 5) is 0. The Labute approximate surface area is 88.8 Å². The molecule has 0 saturated carbocycles. The van der Waals surface area contributed by atoms with Crippen LogP contribution in [0.25, 0.3) is 11.0 Å². The summed E-state index contributed by atoms with van der Waals surface area (Å²) in [5.41, 5.74) is 6.38. The third-order valence-corrected chi connectivity index (χ3v) is 2.28. The van der Waals surface area contributed by atoms with Crippen molar-refractivity contribution in [1.29, 1.82) is 0 Å². The summed E-state index contributed by atoms with van der Waals surface area (Å²) >= 11 is 0. The maximum atomic E-state index is 5.61. The van der Waals surface area contributed by atoms with E-state index in [9.17, 15) is 0 Å². The molecule has 0 fully saturated rings. The van der Waals surface area contributed by atoms with Gasteiger partial charge in [0.2, 0.25) is 0 Å². The van der Waals surface area contributed by atoms with Gasteiger partial charge in [-0.3, -0.25) is 0 Å². The molecule has 1 aromatic carbocycles. The average molecular weight is 205 g/mol. The van der Waals surface area contributed by atoms with Crippen LogP contribution in [0.4, 0.5) is 0 Å². The lowest BCUT2D eigenvalue weighted by Crippen LogP contribution is -2.22. The summed E-state index contributed by atoms with van der Waals surface area (Å²) in [7, 11) is 0. The van der Waals surface area contributed by atoms with Crippen molar-refractivity contribution in [2.24, 2.45) is 5.73 Å². The predicted octanol–water partition coefficient (Wildman–Crippen LogP) is 2.47. The van der Waals surface area contributed by atoms with Crippen molar-refractivity contribution in [2.45, 2.75) is 20.0 Å². The zero-order valence-corrected chi connectivity index (χ0v) is 8.99. The van der Waals surface area contributed by atoms with Crippen LogP contribution in [0.2, 0.25) is 0 Å². The minimum Gasteiger partial charge on any atom is -0.489 e. The SMILES string of the molecule is Cc1cc2cc(O[C@H](C)CN)ccc2o1. The molecular weight excluding hydrogens is 190 g/mol. The first kappa shape index (κ1) is 10.1. The van der Waals surface area contributed by atoms with Crippen molar-refractivity contribution < 1.29 is 9.15 Å². The summed E-state index contributed by atoms with van der Waals surface area (Å²) in [6.45, 7) is 4.40. The molecule has 0 saturated heterocycles. The van der Waals surface area contributed by atoms with E-state index in [-0.39, 0.29) is 6.10 Å². The number of furan rings is 1. The first-order valence-electron chi connectivity index (χ1n) is 5.06. The van der Waals surface area contributed by atoms with Crippen LogP contribution in [0.15, 0.2) is 28.7 Å². The standard InChI is InChI=1S/C12H15NO2/c1-8-5-10-6-11(14-9(2)7-13)3-4-12(10)15-8/h3-6,9H,7,13H2,1-2H3/t9-/m1/s1. The fourth-order valence-electron chi connectivity index (χ4n) is 1.51. The first-order chi connectivity index (χ1) is 7.19. The third kappa shape index (κ3) is 2.13. The van der Waals surface area contributed by atoms with Crippen molar-refractivity contribution in [3.8, 4) is 5.75 Å². The fourth-order valence-corrected chi connectivity index (χ4v) is 1.51. The molecule has 2 aromatic rings. The van der Waals surface area contributed by atoms with Crippen LogP contribution in [-0.4, -0.2) is 12.6 Å². The molecule has 2 N–H and O–H groups in total. The Morgan fingerprint density at radius 3 is 2.93 bits per heavy atom. The third-order valence-electron chi connectivity index (χ3n) is 2.28. The van der Waals surface area contributed by atoms with Crippen molar-refractivity contribution in [1.82, 2.24) is 0 Å². The number of hydrogen-bond donors (Lipinski definition) is 1. The van der Waals surface area contributed by atoms with E-state index in [2.05, 4.69) is 0 Å². The molecule has 0 unspecified atom stereocenters. The number of aryl methyl sites for hydroxylation is 1. The summed E-state index contributed by atoms with van der Waals surface area (Å²) in [6.07, 6.45) is 0.0375. The fraction of sp³-hybridized carbons (Fsp3) is 0.333. The molecule has 0 aliphatic carbocycles. The summed E-state index contributed by atoms with van der Waals surface area (Å²) in [6, 6.07) is 7.78. The second-order valence-electron chi connectivity index (χ2n) is 3.72. The van der Waals surface area contributed by atoms with E-state index >= 15 is 0 Å². The lowest BCUT2D eigenvalue weighted by Gasteiger charge is -2.11. The molecule has 1 heterocycles. The molecule has 0 amide bonds. The van der Waals surface area contributed by atoms with Gasteiger partial charge in [0.05, 0.1) is 0 Å². The molecule has 2 rings (SSSR count). The van der Waals surface area contributed by atoms with Gasteiger partial charge in [-0.25, -0.2) is 0 Å². The first-order valence-corrected chi connectivity index (χ1v) is 5.06. The molecule has 15 heavy (non-hydrogen) atoms. The van der Waals surface area contributed by atoms with Gasteiger partial charge in [0.15, 0.2) is 0 Å². The van der Waals surface area contributed by atoms with E-state index in [1.807, 2.05) is 38.1 Å². The second-order valence-corrected chi connectivity index (χ2v) is 3.72. The van der Waals surface area contributed by atoms with Crippen LogP contribution in [0.1, 0.15) is 12.7 Å². The van der Waals surface area contributed by atoms with Gasteiger partial charge in [0.1, 0.15) is 23.2 Å². The molecule has 1 atom stereocenters. The summed E-state index contributed by atoms with van der Waals surface area (Å²) in [5.74, 6) is 1.75. The number of nitrogens with two attached hydrogens (primary N) is 1. The van der Waals surface area contributed by atoms with Crippen molar-refractivity contribution >= 4 is 11.0 Å². The van der Waals surface area contributed by atoms with Gasteiger partial charge < -0.3 is 14.9 Å². The molecule has 0 spiro atoms. The van der Waals surface area contributed by atoms with Crippen LogP contribution in [0.3, 0.4) is 0 Å². The van der Waals surface area contributed by atoms with Gasteiger partial charge in [-0.15, -0.1) is 0 Å². The van der Waals surface area contributed by atoms with Crippen LogP contribution in [-0.2, 0) is 0 Å². The van der Waals surface area contributed by atoms with E-state index in [1.54, 1.807) is 0 Å². The van der Waals surface area contributed by atoms with Crippen molar-refractivity contribution in [2.75, 3.05) is 6.54 Å². The highest BCUT2D eigenvalue weighted by Crippen LogP contribution is 2.24. The molecule has 0 aliphatic rings. The Hall–Kier alpha value is -1.48. The van der Waals surface area contributed by atoms with E-state index in [0.717, 1.165) is 22.5 Å². The molecule has 80 valence electrons. The van der Waals surface area contributed by atoms with Gasteiger partial charge >= 0.3 is 0 Å². The Balaban J connectivity index is 2.30. The van der Waals surface area contributed by atoms with Crippen molar-refractivity contribution in [3.05, 3.63) is 30.0 Å². The second kappa shape index (κ2) is 3.95. The molecule has 0 radical (unpaired) electrons. The number of benzene rings is 1. The molecule has 0 bridgehead atoms. The van der Waals surface area contributed by atoms with Gasteiger partial charge in [-0.05, 0) is 38.1 Å². The number of hydrogen-bond acceptors (Lipinski definition) is 3. The number of rotatable bonds is 3. The molecule has 3 heteroatoms. The molecular formula is C12H15NO2. The summed E-state index contributed by atoms with van der Waals surface area (Å²) in [5, 5.41) is 1.06. The van der Waals surface area contributed by atoms with Crippen LogP contribution >= 0.6 is 0 Å². The van der Waals surface area contributed by atoms with E-state index < -0.39 is 0 Å². The Bertz CT molecular complexity index is 462. The monoisotopic (exact) mass is 205 g/mol. The van der Waals surface area contributed by atoms with E-state index in [0.29, 0.717) is 6.54 Å². The molecule has 0 aliphatic heterocycles. The number of ether oxygens (including phenoxy) is 1. The van der Waals surface area contributed by atoms with Gasteiger partial charge in [-0.2, -0.15) is 0 Å². The van der Waals surface area contributed by atoms with Gasteiger partial charge in [-0.1, -0.05) is 0 Å². The van der Waals surface area contributed by atoms with Crippen LogP contribution in [0.5, 0.6) is 5.75 Å². The Kier molecular flexibility index (Phi) is 2.64. The lowest BCUT2D eigenvalue weighted by atomic mass is 10.2. The number of fused-ring (bicyclic) bond motifs is 1. The topological polar surface area (TPSA) is 48.4 Å². The van der Waals surface area contributed by atoms with Crippen LogP contribution in [0, 0.1) is 6.92 Å². The van der Waals surface area contributed by atoms with E-state index in [1.165, 1.54) is 0 Å². The van der Waals surface area contributed by atoms with Crippen molar-refractivity contribution in [3.63, 3.8) is 0 Å². The maximum Gasteiger partial charge on any atom is 0.134 e. The minimum atomic E-state index is 0.0375. The van der Waals surface area contributed by atoms with Crippen LogP contribution < -0.4 is 10.5 Å². The smallest absolute Gasteiger partial charge is 0.134 e. The highest BCUT2D eigenvalue weighted by molar-refractivity contribution is 5.79. The Morgan fingerprint density at radius 2 is 2.20 bits per heavy atom. The highest BCUT2D eigenvalue weighted by atomic mass is 16.5. The largest absolute Gasteiger partial charge is 0.489 e. The molecule has 1 aromatic heterocycles. The quantitative estimate of drug-likeness (QED) is 0.837.